The topological polar surface area (TPSA) is 79.2 Å². The predicted molar refractivity (Wildman–Crippen MR) is 123 cm³/mol. The summed E-state index contributed by atoms with van der Waals surface area (Å²) in [6, 6.07) is 6.85. The summed E-state index contributed by atoms with van der Waals surface area (Å²) < 4.78 is 16.6. The normalized spacial score (nSPS) is 19.2. The van der Waals surface area contributed by atoms with Crippen molar-refractivity contribution in [2.75, 3.05) is 36.0 Å². The Morgan fingerprint density at radius 2 is 1.76 bits per heavy atom. The van der Waals surface area contributed by atoms with E-state index in [4.69, 9.17) is 0 Å². The van der Waals surface area contributed by atoms with Crippen LogP contribution < -0.4 is 15.1 Å². The van der Waals surface area contributed by atoms with Gasteiger partial charge in [-0.3, -0.25) is 14.4 Å². The maximum atomic E-state index is 14.9. The highest BCUT2D eigenvalue weighted by Crippen LogP contribution is 2.41. The fourth-order valence-electron chi connectivity index (χ4n) is 5.42. The lowest BCUT2D eigenvalue weighted by Gasteiger charge is -2.52. The third-order valence-electron chi connectivity index (χ3n) is 7.25. The van der Waals surface area contributed by atoms with Crippen LogP contribution in [0.2, 0.25) is 0 Å². The molecule has 1 spiro atoms. The van der Waals surface area contributed by atoms with Crippen LogP contribution in [-0.4, -0.2) is 52.1 Å². The molecule has 0 aliphatic carbocycles. The van der Waals surface area contributed by atoms with E-state index < -0.39 is 0 Å². The number of halogens is 1. The molecule has 0 unspecified atom stereocenters. The van der Waals surface area contributed by atoms with Crippen LogP contribution in [0.3, 0.4) is 0 Å². The number of fused-ring (bicyclic) bond motifs is 1. The van der Waals surface area contributed by atoms with Gasteiger partial charge in [-0.2, -0.15) is 5.10 Å². The number of rotatable bonds is 3. The number of nitrogens with one attached hydrogen (secondary N) is 1. The van der Waals surface area contributed by atoms with E-state index in [9.17, 15) is 9.18 Å². The van der Waals surface area contributed by atoms with E-state index in [0.29, 0.717) is 33.5 Å². The lowest BCUT2D eigenvalue weighted by atomic mass is 9.72. The summed E-state index contributed by atoms with van der Waals surface area (Å²) in [6.07, 6.45) is 4.17. The second kappa shape index (κ2) is 7.34. The molecule has 3 aromatic rings. The molecule has 1 aromatic carbocycles. The Labute approximate surface area is 191 Å². The van der Waals surface area contributed by atoms with Crippen molar-refractivity contribution < 1.29 is 9.18 Å². The number of aryl methyl sites for hydroxylation is 2. The summed E-state index contributed by atoms with van der Waals surface area (Å²) in [7, 11) is 1.79. The molecule has 0 saturated carbocycles. The van der Waals surface area contributed by atoms with Gasteiger partial charge in [0.1, 0.15) is 5.82 Å². The molecule has 0 bridgehead atoms. The maximum absolute atomic E-state index is 14.9. The monoisotopic (exact) mass is 447 g/mol. The number of anilines is 2. The summed E-state index contributed by atoms with van der Waals surface area (Å²) in [5, 5.41) is 16.5. The zero-order chi connectivity index (χ0) is 22.7. The van der Waals surface area contributed by atoms with Gasteiger partial charge < -0.3 is 10.2 Å². The SMILES string of the molecule is Cc1nn(C)cc1-c1cc2c(cc1F)CN(c1ccc(N3CC4(CCNCC4)C3)nn1)C2=O. The van der Waals surface area contributed by atoms with E-state index in [-0.39, 0.29) is 18.3 Å². The van der Waals surface area contributed by atoms with E-state index in [2.05, 4.69) is 25.5 Å². The molecule has 9 heteroatoms. The smallest absolute Gasteiger partial charge is 0.260 e. The van der Waals surface area contributed by atoms with Crippen LogP contribution in [-0.2, 0) is 13.6 Å². The summed E-state index contributed by atoms with van der Waals surface area (Å²) in [6.45, 7) is 6.29. The Hall–Kier alpha value is -3.33. The molecule has 2 saturated heterocycles. The van der Waals surface area contributed by atoms with Gasteiger partial charge in [0, 0.05) is 48.4 Å². The van der Waals surface area contributed by atoms with Crippen LogP contribution >= 0.6 is 0 Å². The van der Waals surface area contributed by atoms with Crippen LogP contribution in [0.25, 0.3) is 11.1 Å². The van der Waals surface area contributed by atoms with Crippen molar-refractivity contribution in [3.8, 4) is 11.1 Å². The van der Waals surface area contributed by atoms with Crippen molar-refractivity contribution in [1.29, 1.82) is 0 Å². The largest absolute Gasteiger partial charge is 0.354 e. The highest BCUT2D eigenvalue weighted by Gasteiger charge is 2.44. The van der Waals surface area contributed by atoms with Gasteiger partial charge in [-0.05, 0) is 62.7 Å². The number of hydrogen-bond donors (Lipinski definition) is 1. The van der Waals surface area contributed by atoms with Gasteiger partial charge in [-0.1, -0.05) is 0 Å². The number of benzene rings is 1. The van der Waals surface area contributed by atoms with Crippen LogP contribution in [0.15, 0.2) is 30.5 Å². The summed E-state index contributed by atoms with van der Waals surface area (Å²) in [5.41, 5.74) is 3.36. The first-order chi connectivity index (χ1) is 15.9. The van der Waals surface area contributed by atoms with Gasteiger partial charge in [0.2, 0.25) is 0 Å². The second-order valence-electron chi connectivity index (χ2n) is 9.54. The first-order valence-electron chi connectivity index (χ1n) is 11.4. The van der Waals surface area contributed by atoms with Crippen molar-refractivity contribution >= 4 is 17.5 Å². The Kier molecular flexibility index (Phi) is 4.52. The molecule has 3 aliphatic rings. The van der Waals surface area contributed by atoms with Gasteiger partial charge in [0.25, 0.3) is 5.91 Å². The Morgan fingerprint density at radius 3 is 2.42 bits per heavy atom. The second-order valence-corrected chi connectivity index (χ2v) is 9.54. The third-order valence-corrected chi connectivity index (χ3v) is 7.25. The van der Waals surface area contributed by atoms with Gasteiger partial charge in [0.15, 0.2) is 11.6 Å². The van der Waals surface area contributed by atoms with E-state index >= 15 is 0 Å². The Balaban J connectivity index is 1.21. The quantitative estimate of drug-likeness (QED) is 0.665. The molecule has 1 amide bonds. The van der Waals surface area contributed by atoms with Gasteiger partial charge in [-0.25, -0.2) is 4.39 Å². The van der Waals surface area contributed by atoms with Crippen LogP contribution in [0.4, 0.5) is 16.0 Å². The molecule has 33 heavy (non-hydrogen) atoms. The van der Waals surface area contributed by atoms with Crippen LogP contribution in [0.1, 0.15) is 34.5 Å². The zero-order valence-corrected chi connectivity index (χ0v) is 18.8. The van der Waals surface area contributed by atoms with Gasteiger partial charge in [0.05, 0.1) is 12.2 Å². The van der Waals surface area contributed by atoms with Crippen LogP contribution in [0, 0.1) is 18.2 Å². The standard InChI is InChI=1S/C24H26FN7O/c1-15-19(12-30(2)29-15)18-10-17-16(9-20(18)25)11-32(23(17)33)22-4-3-21(27-28-22)31-13-24(14-31)5-7-26-8-6-24/h3-4,9-10,12,26H,5-8,11,13-14H2,1-2H3. The molecule has 2 aromatic heterocycles. The minimum Gasteiger partial charge on any atom is -0.354 e. The number of hydrogen-bond acceptors (Lipinski definition) is 6. The van der Waals surface area contributed by atoms with Crippen LogP contribution in [0.5, 0.6) is 0 Å². The molecule has 0 atom stereocenters. The molecule has 0 radical (unpaired) electrons. The zero-order valence-electron chi connectivity index (χ0n) is 18.8. The van der Waals surface area contributed by atoms with Crippen molar-refractivity contribution in [3.63, 3.8) is 0 Å². The predicted octanol–water partition coefficient (Wildman–Crippen LogP) is 2.67. The van der Waals surface area contributed by atoms with Crippen molar-refractivity contribution in [2.45, 2.75) is 26.3 Å². The number of carbonyl (C=O) groups is 1. The highest BCUT2D eigenvalue weighted by molar-refractivity contribution is 6.10. The maximum Gasteiger partial charge on any atom is 0.260 e. The molecule has 170 valence electrons. The number of piperidine rings is 1. The van der Waals surface area contributed by atoms with E-state index in [0.717, 1.165) is 37.7 Å². The molecule has 5 heterocycles. The number of amides is 1. The molecule has 2 fully saturated rings. The molecular formula is C24H26FN7O. The Morgan fingerprint density at radius 1 is 1.03 bits per heavy atom. The van der Waals surface area contributed by atoms with Crippen molar-refractivity contribution in [2.24, 2.45) is 12.5 Å². The average molecular weight is 448 g/mol. The van der Waals surface area contributed by atoms with Crippen molar-refractivity contribution in [3.05, 3.63) is 53.1 Å². The average Bonchev–Trinajstić information content (AvgIpc) is 3.29. The minimum absolute atomic E-state index is 0.188. The number of carbonyl (C=O) groups excluding carboxylic acids is 1. The fraction of sp³-hybridized carbons (Fsp3) is 0.417. The molecule has 3 aliphatic heterocycles. The molecular weight excluding hydrogens is 421 g/mol. The third kappa shape index (κ3) is 3.30. The van der Waals surface area contributed by atoms with Gasteiger partial charge >= 0.3 is 0 Å². The summed E-state index contributed by atoms with van der Waals surface area (Å²) in [4.78, 5) is 17.0. The van der Waals surface area contributed by atoms with Gasteiger partial charge in [-0.15, -0.1) is 10.2 Å². The lowest BCUT2D eigenvalue weighted by molar-refractivity contribution is 0.0995. The lowest BCUT2D eigenvalue weighted by Crippen LogP contribution is -2.60. The fourth-order valence-corrected chi connectivity index (χ4v) is 5.42. The number of aromatic nitrogens is 4. The first-order valence-corrected chi connectivity index (χ1v) is 11.4. The minimum atomic E-state index is -0.356. The molecule has 6 rings (SSSR count). The van der Waals surface area contributed by atoms with E-state index in [1.807, 2.05) is 19.1 Å². The summed E-state index contributed by atoms with van der Waals surface area (Å²) in [5.74, 6) is 0.780. The Bertz CT molecular complexity index is 1240. The van der Waals surface area contributed by atoms with E-state index in [1.165, 1.54) is 18.9 Å². The molecule has 8 nitrogen and oxygen atoms in total. The van der Waals surface area contributed by atoms with Crippen molar-refractivity contribution in [1.82, 2.24) is 25.3 Å². The highest BCUT2D eigenvalue weighted by atomic mass is 19.1. The first kappa shape index (κ1) is 20.3. The van der Waals surface area contributed by atoms with E-state index in [1.54, 1.807) is 28.9 Å². The number of nitrogens with zero attached hydrogens (tertiary/aromatic N) is 6. The summed E-state index contributed by atoms with van der Waals surface area (Å²) >= 11 is 0. The molecule has 1 N–H and O–H groups in total.